The summed E-state index contributed by atoms with van der Waals surface area (Å²) in [5, 5.41) is 6.07. The molecule has 100 valence electrons. The highest BCUT2D eigenvalue weighted by Crippen LogP contribution is 2.20. The fraction of sp³-hybridized carbons (Fsp3) is 0.231. The van der Waals surface area contributed by atoms with Gasteiger partial charge in [0.05, 0.1) is 6.20 Å². The molecule has 0 saturated heterocycles. The summed E-state index contributed by atoms with van der Waals surface area (Å²) in [5.41, 5.74) is 1.02. The number of amides is 1. The minimum Gasteiger partial charge on any atom is -0.338 e. The summed E-state index contributed by atoms with van der Waals surface area (Å²) in [6, 6.07) is 1.98. The number of carbonyl (C=O) groups excluding carboxylic acids is 1. The summed E-state index contributed by atoms with van der Waals surface area (Å²) in [6.07, 6.45) is 7.10. The number of halogens is 1. The van der Waals surface area contributed by atoms with Gasteiger partial charge in [-0.25, -0.2) is 0 Å². The molecule has 2 heterocycles. The van der Waals surface area contributed by atoms with Crippen LogP contribution in [0, 0.1) is 0 Å². The van der Waals surface area contributed by atoms with Crippen LogP contribution < -0.4 is 0 Å². The van der Waals surface area contributed by atoms with Crippen molar-refractivity contribution in [2.45, 2.75) is 6.54 Å². The molecule has 4 nitrogen and oxygen atoms in total. The van der Waals surface area contributed by atoms with Crippen LogP contribution in [0.2, 0.25) is 0 Å². The van der Waals surface area contributed by atoms with E-state index < -0.39 is 0 Å². The van der Waals surface area contributed by atoms with Crippen LogP contribution in [0.25, 0.3) is 6.08 Å². The molecule has 6 heteroatoms. The highest BCUT2D eigenvalue weighted by atomic mass is 79.9. The van der Waals surface area contributed by atoms with Crippen molar-refractivity contribution in [3.63, 3.8) is 0 Å². The monoisotopic (exact) mass is 339 g/mol. The lowest BCUT2D eigenvalue weighted by Gasteiger charge is -2.13. The Kier molecular flexibility index (Phi) is 4.55. The third-order valence-electron chi connectivity index (χ3n) is 2.53. The molecule has 2 aromatic heterocycles. The summed E-state index contributed by atoms with van der Waals surface area (Å²) in [4.78, 5) is 14.7. The highest BCUT2D eigenvalue weighted by Gasteiger charge is 2.07. The van der Waals surface area contributed by atoms with Crippen LogP contribution in [0.5, 0.6) is 0 Å². The van der Waals surface area contributed by atoms with Crippen LogP contribution in [-0.4, -0.2) is 27.6 Å². The predicted octanol–water partition coefficient (Wildman–Crippen LogP) is 2.92. The molecule has 0 unspecified atom stereocenters. The van der Waals surface area contributed by atoms with E-state index in [9.17, 15) is 4.79 Å². The van der Waals surface area contributed by atoms with Gasteiger partial charge in [-0.15, -0.1) is 11.3 Å². The fourth-order valence-electron chi connectivity index (χ4n) is 1.60. The summed E-state index contributed by atoms with van der Waals surface area (Å²) in [6.45, 7) is 0.561. The number of carbonyl (C=O) groups is 1. The fourth-order valence-corrected chi connectivity index (χ4v) is 2.94. The van der Waals surface area contributed by atoms with Crippen LogP contribution >= 0.6 is 27.3 Å². The Bertz CT molecular complexity index is 603. The van der Waals surface area contributed by atoms with E-state index >= 15 is 0 Å². The first-order chi connectivity index (χ1) is 9.04. The van der Waals surface area contributed by atoms with Gasteiger partial charge in [-0.3, -0.25) is 9.48 Å². The van der Waals surface area contributed by atoms with Crippen molar-refractivity contribution < 1.29 is 4.79 Å². The van der Waals surface area contributed by atoms with Crippen molar-refractivity contribution >= 4 is 39.2 Å². The van der Waals surface area contributed by atoms with Crippen molar-refractivity contribution in [2.24, 2.45) is 7.05 Å². The number of likely N-dealkylation sites (N-methyl/N-ethyl adjacent to an activating group) is 1. The van der Waals surface area contributed by atoms with Gasteiger partial charge in [-0.05, 0) is 28.1 Å². The predicted molar refractivity (Wildman–Crippen MR) is 80.7 cm³/mol. The number of rotatable bonds is 4. The number of aromatic nitrogens is 2. The minimum atomic E-state index is -0.0200. The van der Waals surface area contributed by atoms with Gasteiger partial charge >= 0.3 is 0 Å². The quantitative estimate of drug-likeness (QED) is 0.803. The van der Waals surface area contributed by atoms with E-state index in [2.05, 4.69) is 21.0 Å². The van der Waals surface area contributed by atoms with E-state index in [1.165, 1.54) is 0 Å². The standard InChI is InChI=1S/C13H14BrN3OS/c1-16(7-10-6-15-17(2)8-10)13(18)4-3-12-5-11(14)9-19-12/h3-6,8-9H,7H2,1-2H3/b4-3-. The van der Waals surface area contributed by atoms with Crippen molar-refractivity contribution in [3.05, 3.63) is 44.8 Å². The van der Waals surface area contributed by atoms with Crippen molar-refractivity contribution in [3.8, 4) is 0 Å². The maximum Gasteiger partial charge on any atom is 0.246 e. The molecule has 2 rings (SSSR count). The van der Waals surface area contributed by atoms with Gasteiger partial charge < -0.3 is 4.90 Å². The number of nitrogens with zero attached hydrogens (tertiary/aromatic N) is 3. The molecule has 0 atom stereocenters. The summed E-state index contributed by atoms with van der Waals surface area (Å²) in [5.74, 6) is -0.0200. The van der Waals surface area contributed by atoms with Crippen LogP contribution in [0.3, 0.4) is 0 Å². The number of aryl methyl sites for hydroxylation is 1. The molecule has 0 aliphatic rings. The Balaban J connectivity index is 1.94. The Morgan fingerprint density at radius 2 is 2.42 bits per heavy atom. The van der Waals surface area contributed by atoms with E-state index in [1.807, 2.05) is 30.8 Å². The van der Waals surface area contributed by atoms with E-state index in [0.29, 0.717) is 6.54 Å². The molecule has 0 aliphatic heterocycles. The van der Waals surface area contributed by atoms with E-state index in [0.717, 1.165) is 14.9 Å². The highest BCUT2D eigenvalue weighted by molar-refractivity contribution is 9.10. The molecule has 0 aromatic carbocycles. The molecule has 1 amide bonds. The molecular weight excluding hydrogens is 326 g/mol. The van der Waals surface area contributed by atoms with Crippen molar-refractivity contribution in [1.82, 2.24) is 14.7 Å². The number of hydrogen-bond donors (Lipinski definition) is 0. The molecular formula is C13H14BrN3OS. The molecule has 0 spiro atoms. The Morgan fingerprint density at radius 3 is 3.00 bits per heavy atom. The largest absolute Gasteiger partial charge is 0.338 e. The molecule has 0 radical (unpaired) electrons. The zero-order chi connectivity index (χ0) is 13.8. The minimum absolute atomic E-state index is 0.0200. The van der Waals surface area contributed by atoms with E-state index in [1.54, 1.807) is 40.2 Å². The summed E-state index contributed by atoms with van der Waals surface area (Å²) < 4.78 is 2.76. The maximum absolute atomic E-state index is 11.9. The smallest absolute Gasteiger partial charge is 0.246 e. The zero-order valence-electron chi connectivity index (χ0n) is 10.7. The summed E-state index contributed by atoms with van der Waals surface area (Å²) >= 11 is 4.98. The molecule has 19 heavy (non-hydrogen) atoms. The SMILES string of the molecule is CN(Cc1cnn(C)c1)C(=O)/C=C\c1cc(Br)cs1. The molecule has 2 aromatic rings. The Hall–Kier alpha value is -1.40. The van der Waals surface area contributed by atoms with Gasteiger partial charge in [0.25, 0.3) is 0 Å². The molecule has 0 saturated carbocycles. The first kappa shape index (κ1) is 14.0. The number of thiophene rings is 1. The third-order valence-corrected chi connectivity index (χ3v) is 4.19. The van der Waals surface area contributed by atoms with Crippen molar-refractivity contribution in [1.29, 1.82) is 0 Å². The zero-order valence-corrected chi connectivity index (χ0v) is 13.1. The summed E-state index contributed by atoms with van der Waals surface area (Å²) in [7, 11) is 3.64. The first-order valence-corrected chi connectivity index (χ1v) is 7.36. The lowest BCUT2D eigenvalue weighted by molar-refractivity contribution is -0.125. The first-order valence-electron chi connectivity index (χ1n) is 5.69. The normalized spacial score (nSPS) is 11.1. The molecule has 0 aliphatic carbocycles. The maximum atomic E-state index is 11.9. The van der Waals surface area contributed by atoms with Gasteiger partial charge in [0.1, 0.15) is 0 Å². The van der Waals surface area contributed by atoms with E-state index in [-0.39, 0.29) is 5.91 Å². The van der Waals surface area contributed by atoms with Gasteiger partial charge in [0.15, 0.2) is 0 Å². The average Bonchev–Trinajstić information content (AvgIpc) is 2.95. The lowest BCUT2D eigenvalue weighted by Crippen LogP contribution is -2.23. The Morgan fingerprint density at radius 1 is 1.63 bits per heavy atom. The Labute approximate surface area is 124 Å². The third kappa shape index (κ3) is 4.04. The van der Waals surface area contributed by atoms with Gasteiger partial charge in [-0.2, -0.15) is 5.10 Å². The second-order valence-corrected chi connectivity index (χ2v) is 6.08. The molecule has 0 fully saturated rings. The van der Waals surface area contributed by atoms with E-state index in [4.69, 9.17) is 0 Å². The van der Waals surface area contributed by atoms with Crippen LogP contribution in [0.15, 0.2) is 34.4 Å². The van der Waals surface area contributed by atoms with Gasteiger partial charge in [0, 0.05) is 53.2 Å². The van der Waals surface area contributed by atoms with Crippen LogP contribution in [-0.2, 0) is 18.4 Å². The average molecular weight is 340 g/mol. The van der Waals surface area contributed by atoms with Gasteiger partial charge in [0.2, 0.25) is 5.91 Å². The topological polar surface area (TPSA) is 38.1 Å². The van der Waals surface area contributed by atoms with Crippen molar-refractivity contribution in [2.75, 3.05) is 7.05 Å². The van der Waals surface area contributed by atoms with Crippen LogP contribution in [0.1, 0.15) is 10.4 Å². The van der Waals surface area contributed by atoms with Gasteiger partial charge in [-0.1, -0.05) is 0 Å². The number of hydrogen-bond acceptors (Lipinski definition) is 3. The molecule has 0 bridgehead atoms. The second-order valence-electron chi connectivity index (χ2n) is 4.22. The second kappa shape index (κ2) is 6.16. The lowest BCUT2D eigenvalue weighted by atomic mass is 10.3. The van der Waals surface area contributed by atoms with Crippen LogP contribution in [0.4, 0.5) is 0 Å². The molecule has 0 N–H and O–H groups in total.